The fraction of sp³-hybridized carbons (Fsp3) is 0.450. The van der Waals surface area contributed by atoms with Gasteiger partial charge < -0.3 is 9.73 Å². The van der Waals surface area contributed by atoms with E-state index < -0.39 is 10.0 Å². The second-order valence-corrected chi connectivity index (χ2v) is 8.88. The van der Waals surface area contributed by atoms with Gasteiger partial charge >= 0.3 is 0 Å². The highest BCUT2D eigenvalue weighted by Crippen LogP contribution is 2.12. The van der Waals surface area contributed by atoms with Crippen LogP contribution in [0.15, 0.2) is 52.0 Å². The Morgan fingerprint density at radius 1 is 1.07 bits per heavy atom. The van der Waals surface area contributed by atoms with Crippen molar-refractivity contribution in [3.05, 3.63) is 54.0 Å². The summed E-state index contributed by atoms with van der Waals surface area (Å²) in [6.45, 7) is 9.85. The van der Waals surface area contributed by atoms with Gasteiger partial charge in [0.1, 0.15) is 5.76 Å². The Kier molecular flexibility index (Phi) is 7.79. The monoisotopic (exact) mass is 407 g/mol. The zero-order valence-electron chi connectivity index (χ0n) is 16.8. The molecule has 2 aromatic rings. The molecule has 0 bridgehead atoms. The van der Waals surface area contributed by atoms with Gasteiger partial charge in [0, 0.05) is 30.7 Å². The molecule has 0 unspecified atom stereocenters. The molecule has 0 spiro atoms. The van der Waals surface area contributed by atoms with Crippen LogP contribution in [-0.4, -0.2) is 44.4 Å². The van der Waals surface area contributed by atoms with Crippen molar-refractivity contribution >= 4 is 15.9 Å². The summed E-state index contributed by atoms with van der Waals surface area (Å²) in [4.78, 5) is 14.7. The molecule has 1 aromatic heterocycles. The van der Waals surface area contributed by atoms with E-state index in [9.17, 15) is 13.2 Å². The second kappa shape index (κ2) is 9.86. The van der Waals surface area contributed by atoms with Crippen LogP contribution in [0.4, 0.5) is 0 Å². The maximum Gasteiger partial charge on any atom is 0.251 e. The Hall–Kier alpha value is -2.16. The highest BCUT2D eigenvalue weighted by molar-refractivity contribution is 7.89. The molecule has 0 saturated carbocycles. The number of carbonyl (C=O) groups excluding carboxylic acids is 1. The molecule has 0 aliphatic rings. The molecule has 0 radical (unpaired) electrons. The summed E-state index contributed by atoms with van der Waals surface area (Å²) >= 11 is 0. The molecular weight excluding hydrogens is 378 g/mol. The molecule has 0 aliphatic carbocycles. The lowest BCUT2D eigenvalue weighted by Crippen LogP contribution is -2.42. The van der Waals surface area contributed by atoms with Crippen molar-refractivity contribution in [3.8, 4) is 0 Å². The summed E-state index contributed by atoms with van der Waals surface area (Å²) in [7, 11) is -3.67. The lowest BCUT2D eigenvalue weighted by molar-refractivity contribution is 0.0939. The fourth-order valence-corrected chi connectivity index (χ4v) is 3.95. The Morgan fingerprint density at radius 3 is 2.25 bits per heavy atom. The summed E-state index contributed by atoms with van der Waals surface area (Å²) in [5.74, 6) is 0.302. The van der Waals surface area contributed by atoms with Gasteiger partial charge in [0.25, 0.3) is 5.91 Å². The van der Waals surface area contributed by atoms with Crippen LogP contribution in [0.2, 0.25) is 0 Å². The molecule has 154 valence electrons. The Bertz CT molecular complexity index is 836. The quantitative estimate of drug-likeness (QED) is 0.632. The van der Waals surface area contributed by atoms with E-state index >= 15 is 0 Å². The van der Waals surface area contributed by atoms with Crippen LogP contribution in [0.5, 0.6) is 0 Å². The van der Waals surface area contributed by atoms with Crippen molar-refractivity contribution in [2.75, 3.05) is 13.1 Å². The molecule has 2 N–H and O–H groups in total. The molecule has 0 fully saturated rings. The smallest absolute Gasteiger partial charge is 0.251 e. The van der Waals surface area contributed by atoms with Gasteiger partial charge in [0.15, 0.2) is 0 Å². The number of nitrogens with zero attached hydrogens (tertiary/aromatic N) is 1. The first-order valence-corrected chi connectivity index (χ1v) is 10.8. The number of furan rings is 1. The normalized spacial score (nSPS) is 12.1. The third-order valence-electron chi connectivity index (χ3n) is 4.43. The molecule has 1 amide bonds. The van der Waals surface area contributed by atoms with Crippen LogP contribution >= 0.6 is 0 Å². The van der Waals surface area contributed by atoms with Crippen molar-refractivity contribution in [2.45, 2.75) is 51.2 Å². The van der Waals surface area contributed by atoms with Crippen molar-refractivity contribution in [3.63, 3.8) is 0 Å². The van der Waals surface area contributed by atoms with E-state index in [1.54, 1.807) is 12.1 Å². The molecule has 1 heterocycles. The standard InChI is InChI=1S/C20H29N3O4S/c1-15(2)23(16(3)4)12-11-21-20(24)17-7-9-19(10-8-17)28(25,26)22-14-18-6-5-13-27-18/h5-10,13,15-16,22H,11-12,14H2,1-4H3,(H,21,24). The van der Waals surface area contributed by atoms with Crippen LogP contribution in [0.25, 0.3) is 0 Å². The van der Waals surface area contributed by atoms with Gasteiger partial charge in [-0.05, 0) is 64.1 Å². The SMILES string of the molecule is CC(C)N(CCNC(=O)c1ccc(S(=O)(=O)NCc2ccco2)cc1)C(C)C. The molecule has 0 atom stereocenters. The van der Waals surface area contributed by atoms with Crippen molar-refractivity contribution in [1.29, 1.82) is 0 Å². The van der Waals surface area contributed by atoms with E-state index in [0.717, 1.165) is 6.54 Å². The van der Waals surface area contributed by atoms with Gasteiger partial charge in [0.2, 0.25) is 10.0 Å². The van der Waals surface area contributed by atoms with Crippen LogP contribution in [0.3, 0.4) is 0 Å². The van der Waals surface area contributed by atoms with Gasteiger partial charge in [-0.3, -0.25) is 9.69 Å². The molecule has 7 nitrogen and oxygen atoms in total. The van der Waals surface area contributed by atoms with Gasteiger partial charge in [-0.2, -0.15) is 0 Å². The van der Waals surface area contributed by atoms with E-state index in [4.69, 9.17) is 4.42 Å². The Labute approximate surface area is 167 Å². The molecule has 0 aliphatic heterocycles. The zero-order valence-corrected chi connectivity index (χ0v) is 17.6. The highest BCUT2D eigenvalue weighted by atomic mass is 32.2. The number of hydrogen-bond donors (Lipinski definition) is 2. The first kappa shape index (κ1) is 22.1. The average Bonchev–Trinajstić information content (AvgIpc) is 3.16. The summed E-state index contributed by atoms with van der Waals surface area (Å²) < 4.78 is 32.2. The van der Waals surface area contributed by atoms with Crippen molar-refractivity contribution < 1.29 is 17.6 Å². The van der Waals surface area contributed by atoms with Gasteiger partial charge in [-0.15, -0.1) is 0 Å². The van der Waals surface area contributed by atoms with E-state index in [2.05, 4.69) is 42.6 Å². The minimum atomic E-state index is -3.67. The van der Waals surface area contributed by atoms with Gasteiger partial charge in [0.05, 0.1) is 17.7 Å². The van der Waals surface area contributed by atoms with E-state index in [0.29, 0.717) is 30.0 Å². The third kappa shape index (κ3) is 6.19. The summed E-state index contributed by atoms with van der Waals surface area (Å²) in [6.07, 6.45) is 1.48. The summed E-state index contributed by atoms with van der Waals surface area (Å²) in [5.41, 5.74) is 0.422. The number of nitrogens with one attached hydrogen (secondary N) is 2. The first-order chi connectivity index (χ1) is 13.2. The second-order valence-electron chi connectivity index (χ2n) is 7.11. The van der Waals surface area contributed by atoms with Crippen molar-refractivity contribution in [1.82, 2.24) is 14.9 Å². The van der Waals surface area contributed by atoms with E-state index in [1.807, 2.05) is 0 Å². The third-order valence-corrected chi connectivity index (χ3v) is 5.84. The molecule has 28 heavy (non-hydrogen) atoms. The fourth-order valence-electron chi connectivity index (χ4n) is 2.96. The largest absolute Gasteiger partial charge is 0.468 e. The van der Waals surface area contributed by atoms with E-state index in [1.165, 1.54) is 30.5 Å². The number of sulfonamides is 1. The Balaban J connectivity index is 1.91. The maximum atomic E-state index is 12.3. The van der Waals surface area contributed by atoms with Gasteiger partial charge in [-0.1, -0.05) is 0 Å². The molecule has 1 aromatic carbocycles. The van der Waals surface area contributed by atoms with Crippen LogP contribution in [-0.2, 0) is 16.6 Å². The topological polar surface area (TPSA) is 91.7 Å². The number of carbonyl (C=O) groups is 1. The number of rotatable bonds is 10. The minimum Gasteiger partial charge on any atom is -0.468 e. The predicted molar refractivity (Wildman–Crippen MR) is 108 cm³/mol. The lowest BCUT2D eigenvalue weighted by Gasteiger charge is -2.30. The highest BCUT2D eigenvalue weighted by Gasteiger charge is 2.16. The summed E-state index contributed by atoms with van der Waals surface area (Å²) in [6, 6.07) is 10.1. The van der Waals surface area contributed by atoms with Crippen LogP contribution < -0.4 is 10.0 Å². The summed E-state index contributed by atoms with van der Waals surface area (Å²) in [5, 5.41) is 2.88. The minimum absolute atomic E-state index is 0.0692. The predicted octanol–water partition coefficient (Wildman–Crippen LogP) is 2.61. The van der Waals surface area contributed by atoms with E-state index in [-0.39, 0.29) is 17.3 Å². The Morgan fingerprint density at radius 2 is 1.71 bits per heavy atom. The molecule has 0 saturated heterocycles. The number of amides is 1. The maximum absolute atomic E-state index is 12.3. The lowest BCUT2D eigenvalue weighted by atomic mass is 10.2. The van der Waals surface area contributed by atoms with Crippen LogP contribution in [0, 0.1) is 0 Å². The first-order valence-electron chi connectivity index (χ1n) is 9.36. The van der Waals surface area contributed by atoms with Crippen LogP contribution in [0.1, 0.15) is 43.8 Å². The average molecular weight is 408 g/mol. The molecule has 2 rings (SSSR count). The zero-order chi connectivity index (χ0) is 20.7. The number of benzene rings is 1. The number of hydrogen-bond acceptors (Lipinski definition) is 5. The molecular formula is C20H29N3O4S. The van der Waals surface area contributed by atoms with Crippen molar-refractivity contribution in [2.24, 2.45) is 0 Å². The molecule has 8 heteroatoms. The van der Waals surface area contributed by atoms with Gasteiger partial charge in [-0.25, -0.2) is 13.1 Å².